The van der Waals surface area contributed by atoms with Crippen LogP contribution in [-0.2, 0) is 6.54 Å². The molecule has 0 aliphatic carbocycles. The summed E-state index contributed by atoms with van der Waals surface area (Å²) in [6.45, 7) is 7.85. The van der Waals surface area contributed by atoms with Gasteiger partial charge in [0, 0.05) is 26.8 Å². The van der Waals surface area contributed by atoms with Crippen LogP contribution in [0.4, 0.5) is 0 Å². The van der Waals surface area contributed by atoms with Crippen LogP contribution in [0.5, 0.6) is 0 Å². The lowest BCUT2D eigenvalue weighted by atomic mass is 10.00. The van der Waals surface area contributed by atoms with E-state index in [1.807, 2.05) is 11.3 Å². The molecule has 1 rings (SSSR count). The van der Waals surface area contributed by atoms with Crippen LogP contribution in [0.15, 0.2) is 15.9 Å². The molecule has 1 aromatic heterocycles. The molecule has 1 nitrogen and oxygen atoms in total. The third kappa shape index (κ3) is 3.07. The van der Waals surface area contributed by atoms with Crippen LogP contribution < -0.4 is 0 Å². The minimum atomic E-state index is 0.288. The summed E-state index contributed by atoms with van der Waals surface area (Å²) in [7, 11) is 2.19. The number of rotatable bonds is 4. The molecule has 0 aromatic carbocycles. The maximum Gasteiger partial charge on any atom is 0.0330 e. The molecule has 0 N–H and O–H groups in total. The van der Waals surface area contributed by atoms with Crippen molar-refractivity contribution in [3.8, 4) is 0 Å². The zero-order valence-corrected chi connectivity index (χ0v) is 11.7. The Morgan fingerprint density at radius 2 is 2.14 bits per heavy atom. The molecular formula is C11H18BrNS. The third-order valence-electron chi connectivity index (χ3n) is 2.91. The van der Waals surface area contributed by atoms with Gasteiger partial charge in [0.2, 0.25) is 0 Å². The van der Waals surface area contributed by atoms with Crippen LogP contribution >= 0.6 is 27.3 Å². The summed E-state index contributed by atoms with van der Waals surface area (Å²) < 4.78 is 1.19. The number of hydrogen-bond donors (Lipinski definition) is 0. The molecule has 0 saturated carbocycles. The molecule has 0 spiro atoms. The SMILES string of the molecule is CCC(C)(C)N(C)Cc1cc(Br)cs1. The monoisotopic (exact) mass is 275 g/mol. The lowest BCUT2D eigenvalue weighted by Crippen LogP contribution is -2.39. The van der Waals surface area contributed by atoms with E-state index < -0.39 is 0 Å². The summed E-state index contributed by atoms with van der Waals surface area (Å²) in [4.78, 5) is 3.83. The van der Waals surface area contributed by atoms with Crippen LogP contribution in [0.3, 0.4) is 0 Å². The lowest BCUT2D eigenvalue weighted by molar-refractivity contribution is 0.144. The first-order valence-corrected chi connectivity index (χ1v) is 6.57. The van der Waals surface area contributed by atoms with Crippen molar-refractivity contribution in [1.29, 1.82) is 0 Å². The fraction of sp³-hybridized carbons (Fsp3) is 0.636. The third-order valence-corrected chi connectivity index (χ3v) is 4.60. The van der Waals surface area contributed by atoms with E-state index in [0.717, 1.165) is 6.54 Å². The molecule has 0 radical (unpaired) electrons. The van der Waals surface area contributed by atoms with Gasteiger partial charge in [-0.2, -0.15) is 0 Å². The molecule has 14 heavy (non-hydrogen) atoms. The molecule has 0 aliphatic heterocycles. The zero-order valence-electron chi connectivity index (χ0n) is 9.30. The van der Waals surface area contributed by atoms with E-state index in [4.69, 9.17) is 0 Å². The van der Waals surface area contributed by atoms with Crippen molar-refractivity contribution in [2.75, 3.05) is 7.05 Å². The minimum Gasteiger partial charge on any atom is -0.296 e. The van der Waals surface area contributed by atoms with Gasteiger partial charge in [0.25, 0.3) is 0 Å². The highest BCUT2D eigenvalue weighted by atomic mass is 79.9. The van der Waals surface area contributed by atoms with Gasteiger partial charge in [-0.15, -0.1) is 11.3 Å². The zero-order chi connectivity index (χ0) is 10.8. The first kappa shape index (κ1) is 12.2. The Morgan fingerprint density at radius 3 is 2.57 bits per heavy atom. The molecule has 0 aliphatic rings. The Bertz CT molecular complexity index is 293. The van der Waals surface area contributed by atoms with E-state index in [-0.39, 0.29) is 5.54 Å². The van der Waals surface area contributed by atoms with Crippen LogP contribution in [0.2, 0.25) is 0 Å². The Balaban J connectivity index is 2.61. The van der Waals surface area contributed by atoms with Crippen molar-refractivity contribution >= 4 is 27.3 Å². The van der Waals surface area contributed by atoms with Crippen LogP contribution in [0.25, 0.3) is 0 Å². The maximum atomic E-state index is 3.48. The maximum absolute atomic E-state index is 3.48. The highest BCUT2D eigenvalue weighted by Gasteiger charge is 2.21. The number of thiophene rings is 1. The molecule has 0 unspecified atom stereocenters. The topological polar surface area (TPSA) is 3.24 Å². The predicted molar refractivity (Wildman–Crippen MR) is 67.9 cm³/mol. The second-order valence-electron chi connectivity index (χ2n) is 4.25. The van der Waals surface area contributed by atoms with Crippen LogP contribution in [-0.4, -0.2) is 17.5 Å². The molecule has 1 aromatic rings. The van der Waals surface area contributed by atoms with Gasteiger partial charge in [-0.25, -0.2) is 0 Å². The summed E-state index contributed by atoms with van der Waals surface area (Å²) in [6, 6.07) is 2.20. The van der Waals surface area contributed by atoms with Gasteiger partial charge in [-0.1, -0.05) is 6.92 Å². The normalized spacial score (nSPS) is 12.4. The van der Waals surface area contributed by atoms with Crippen molar-refractivity contribution in [1.82, 2.24) is 4.90 Å². The molecule has 0 fully saturated rings. The fourth-order valence-electron chi connectivity index (χ4n) is 1.15. The van der Waals surface area contributed by atoms with E-state index in [1.54, 1.807) is 0 Å². The molecule has 0 amide bonds. The van der Waals surface area contributed by atoms with E-state index in [0.29, 0.717) is 0 Å². The molecule has 0 atom stereocenters. The van der Waals surface area contributed by atoms with Crippen molar-refractivity contribution in [3.63, 3.8) is 0 Å². The van der Waals surface area contributed by atoms with E-state index >= 15 is 0 Å². The van der Waals surface area contributed by atoms with Gasteiger partial charge in [-0.05, 0) is 49.3 Å². The lowest BCUT2D eigenvalue weighted by Gasteiger charge is -2.34. The molecule has 0 bridgehead atoms. The van der Waals surface area contributed by atoms with Crippen molar-refractivity contribution in [3.05, 3.63) is 20.8 Å². The first-order valence-electron chi connectivity index (χ1n) is 4.90. The predicted octanol–water partition coefficient (Wildman–Crippen LogP) is 4.13. The quantitative estimate of drug-likeness (QED) is 0.799. The first-order chi connectivity index (χ1) is 6.45. The van der Waals surface area contributed by atoms with Crippen molar-refractivity contribution in [2.45, 2.75) is 39.3 Å². The number of halogens is 1. The molecule has 3 heteroatoms. The van der Waals surface area contributed by atoms with E-state index in [1.165, 1.54) is 15.8 Å². The minimum absolute atomic E-state index is 0.288. The molecule has 80 valence electrons. The van der Waals surface area contributed by atoms with E-state index in [9.17, 15) is 0 Å². The Hall–Kier alpha value is 0.140. The summed E-state index contributed by atoms with van der Waals surface area (Å²) >= 11 is 5.30. The highest BCUT2D eigenvalue weighted by molar-refractivity contribution is 9.10. The van der Waals surface area contributed by atoms with Gasteiger partial charge in [-0.3, -0.25) is 4.90 Å². The Morgan fingerprint density at radius 1 is 1.50 bits per heavy atom. The van der Waals surface area contributed by atoms with E-state index in [2.05, 4.69) is 60.1 Å². The Kier molecular flexibility index (Phi) is 4.16. The molecular weight excluding hydrogens is 258 g/mol. The van der Waals surface area contributed by atoms with Crippen molar-refractivity contribution in [2.24, 2.45) is 0 Å². The second-order valence-corrected chi connectivity index (χ2v) is 6.16. The summed E-state index contributed by atoms with van der Waals surface area (Å²) in [5, 5.41) is 2.14. The highest BCUT2D eigenvalue weighted by Crippen LogP contribution is 2.24. The Labute approximate surface area is 99.3 Å². The van der Waals surface area contributed by atoms with Crippen molar-refractivity contribution < 1.29 is 0 Å². The largest absolute Gasteiger partial charge is 0.296 e. The van der Waals surface area contributed by atoms with Gasteiger partial charge in [0.15, 0.2) is 0 Å². The smallest absolute Gasteiger partial charge is 0.0330 e. The van der Waals surface area contributed by atoms with Gasteiger partial charge >= 0.3 is 0 Å². The molecule has 0 saturated heterocycles. The standard InChI is InChI=1S/C11H18BrNS/c1-5-11(2,3)13(4)7-10-6-9(12)8-14-10/h6,8H,5,7H2,1-4H3. The summed E-state index contributed by atoms with van der Waals surface area (Å²) in [5.74, 6) is 0. The van der Waals surface area contributed by atoms with Gasteiger partial charge in [0.1, 0.15) is 0 Å². The molecule has 1 heterocycles. The number of nitrogens with zero attached hydrogens (tertiary/aromatic N) is 1. The fourth-order valence-corrected chi connectivity index (χ4v) is 2.66. The summed E-state index contributed by atoms with van der Waals surface area (Å²) in [6.07, 6.45) is 1.18. The van der Waals surface area contributed by atoms with Crippen LogP contribution in [0, 0.1) is 0 Å². The summed E-state index contributed by atoms with van der Waals surface area (Å²) in [5.41, 5.74) is 0.288. The average molecular weight is 276 g/mol. The number of hydrogen-bond acceptors (Lipinski definition) is 2. The second kappa shape index (κ2) is 4.77. The average Bonchev–Trinajstić information content (AvgIpc) is 2.51. The van der Waals surface area contributed by atoms with Gasteiger partial charge < -0.3 is 0 Å². The van der Waals surface area contributed by atoms with Gasteiger partial charge in [0.05, 0.1) is 0 Å². The van der Waals surface area contributed by atoms with Crippen LogP contribution in [0.1, 0.15) is 32.1 Å².